The van der Waals surface area contributed by atoms with Crippen LogP contribution in [-0.4, -0.2) is 11.1 Å². The normalized spacial score (nSPS) is 26.8. The highest BCUT2D eigenvalue weighted by Gasteiger charge is 2.30. The summed E-state index contributed by atoms with van der Waals surface area (Å²) in [6, 6.07) is 0. The molecule has 2 atom stereocenters. The fourth-order valence-electron chi connectivity index (χ4n) is 1.85. The van der Waals surface area contributed by atoms with Crippen molar-refractivity contribution in [2.75, 3.05) is 0 Å². The van der Waals surface area contributed by atoms with Crippen LogP contribution in [0.5, 0.6) is 0 Å². The fraction of sp³-hybridized carbons (Fsp3) is 0.909. The third-order valence-electron chi connectivity index (χ3n) is 2.77. The van der Waals surface area contributed by atoms with Crippen LogP contribution in [0.25, 0.3) is 0 Å². The zero-order chi connectivity index (χ0) is 10.4. The standard InChI is InChI=1S/C9H16O2.C2H6/c1-6(2)7-3-4-8(5-7)9(10)11;1-2/h6-8H,3-5H2,1-2H3,(H,10,11);1-2H3. The molecule has 1 fully saturated rings. The second-order valence-corrected chi connectivity index (χ2v) is 3.85. The fourth-order valence-corrected chi connectivity index (χ4v) is 1.85. The van der Waals surface area contributed by atoms with Gasteiger partial charge in [0.2, 0.25) is 0 Å². The highest BCUT2D eigenvalue weighted by Crippen LogP contribution is 2.35. The summed E-state index contributed by atoms with van der Waals surface area (Å²) in [5.74, 6) is 0.644. The molecule has 13 heavy (non-hydrogen) atoms. The maximum atomic E-state index is 10.6. The van der Waals surface area contributed by atoms with Crippen molar-refractivity contribution in [3.63, 3.8) is 0 Å². The molecule has 1 aliphatic rings. The minimum absolute atomic E-state index is 0.0533. The summed E-state index contributed by atoms with van der Waals surface area (Å²) in [5, 5.41) is 8.71. The van der Waals surface area contributed by atoms with Crippen LogP contribution in [0.3, 0.4) is 0 Å². The second kappa shape index (κ2) is 6.01. The minimum Gasteiger partial charge on any atom is -0.481 e. The molecule has 0 saturated heterocycles. The maximum Gasteiger partial charge on any atom is 0.306 e. The van der Waals surface area contributed by atoms with E-state index in [0.717, 1.165) is 19.3 Å². The van der Waals surface area contributed by atoms with Gasteiger partial charge >= 0.3 is 5.97 Å². The molecule has 0 spiro atoms. The predicted molar refractivity (Wildman–Crippen MR) is 54.7 cm³/mol. The van der Waals surface area contributed by atoms with E-state index in [1.807, 2.05) is 13.8 Å². The lowest BCUT2D eigenvalue weighted by Gasteiger charge is -2.12. The van der Waals surface area contributed by atoms with Gasteiger partial charge in [-0.1, -0.05) is 27.7 Å². The van der Waals surface area contributed by atoms with E-state index in [1.54, 1.807) is 0 Å². The quantitative estimate of drug-likeness (QED) is 0.719. The number of hydrogen-bond acceptors (Lipinski definition) is 1. The number of rotatable bonds is 2. The van der Waals surface area contributed by atoms with Gasteiger partial charge in [0.25, 0.3) is 0 Å². The zero-order valence-electron chi connectivity index (χ0n) is 9.21. The molecule has 2 nitrogen and oxygen atoms in total. The van der Waals surface area contributed by atoms with Gasteiger partial charge in [0.1, 0.15) is 0 Å². The Morgan fingerprint density at radius 1 is 1.31 bits per heavy atom. The second-order valence-electron chi connectivity index (χ2n) is 3.85. The largest absolute Gasteiger partial charge is 0.481 e. The van der Waals surface area contributed by atoms with Crippen LogP contribution in [0.15, 0.2) is 0 Å². The van der Waals surface area contributed by atoms with Crippen molar-refractivity contribution in [3.05, 3.63) is 0 Å². The topological polar surface area (TPSA) is 37.3 Å². The first-order valence-electron chi connectivity index (χ1n) is 5.34. The van der Waals surface area contributed by atoms with E-state index in [9.17, 15) is 4.79 Å². The number of carboxylic acids is 1. The SMILES string of the molecule is CC.CC(C)C1CCC(C(=O)O)C1. The third-order valence-corrected chi connectivity index (χ3v) is 2.77. The van der Waals surface area contributed by atoms with Gasteiger partial charge in [-0.3, -0.25) is 4.79 Å². The van der Waals surface area contributed by atoms with Crippen LogP contribution in [0.4, 0.5) is 0 Å². The van der Waals surface area contributed by atoms with Crippen molar-refractivity contribution < 1.29 is 9.90 Å². The number of aliphatic carboxylic acids is 1. The molecule has 0 bridgehead atoms. The molecule has 1 rings (SSSR count). The molecule has 78 valence electrons. The van der Waals surface area contributed by atoms with Gasteiger partial charge in [-0.2, -0.15) is 0 Å². The highest BCUT2D eigenvalue weighted by atomic mass is 16.4. The van der Waals surface area contributed by atoms with Gasteiger partial charge in [0.15, 0.2) is 0 Å². The van der Waals surface area contributed by atoms with E-state index in [1.165, 1.54) is 0 Å². The molecule has 1 saturated carbocycles. The van der Waals surface area contributed by atoms with Crippen LogP contribution < -0.4 is 0 Å². The average Bonchev–Trinajstić information content (AvgIpc) is 2.56. The van der Waals surface area contributed by atoms with E-state index in [2.05, 4.69) is 13.8 Å². The molecule has 0 amide bonds. The lowest BCUT2D eigenvalue weighted by molar-refractivity contribution is -0.141. The summed E-state index contributed by atoms with van der Waals surface area (Å²) in [6.07, 6.45) is 2.89. The molecule has 2 unspecified atom stereocenters. The molecule has 0 heterocycles. The molecule has 0 aromatic heterocycles. The first-order chi connectivity index (χ1) is 6.11. The Morgan fingerprint density at radius 2 is 1.85 bits per heavy atom. The molecular formula is C11H22O2. The summed E-state index contributed by atoms with van der Waals surface area (Å²) in [6.45, 7) is 8.35. The number of hydrogen-bond donors (Lipinski definition) is 1. The van der Waals surface area contributed by atoms with E-state index >= 15 is 0 Å². The first kappa shape index (κ1) is 12.5. The van der Waals surface area contributed by atoms with Crippen LogP contribution in [0.1, 0.15) is 47.0 Å². The van der Waals surface area contributed by atoms with Crippen LogP contribution >= 0.6 is 0 Å². The lowest BCUT2D eigenvalue weighted by atomic mass is 9.93. The maximum absolute atomic E-state index is 10.6. The molecule has 0 radical (unpaired) electrons. The summed E-state index contributed by atoms with van der Waals surface area (Å²) in [4.78, 5) is 10.6. The van der Waals surface area contributed by atoms with Crippen molar-refractivity contribution in [3.8, 4) is 0 Å². The molecular weight excluding hydrogens is 164 g/mol. The molecule has 1 N–H and O–H groups in total. The van der Waals surface area contributed by atoms with Gasteiger partial charge in [-0.15, -0.1) is 0 Å². The third kappa shape index (κ3) is 3.79. The highest BCUT2D eigenvalue weighted by molar-refractivity contribution is 5.70. The first-order valence-corrected chi connectivity index (χ1v) is 5.34. The average molecular weight is 186 g/mol. The summed E-state index contributed by atoms with van der Waals surface area (Å²) < 4.78 is 0. The summed E-state index contributed by atoms with van der Waals surface area (Å²) in [7, 11) is 0. The Kier molecular flexibility index (Phi) is 5.76. The van der Waals surface area contributed by atoms with E-state index in [-0.39, 0.29) is 5.92 Å². The van der Waals surface area contributed by atoms with E-state index < -0.39 is 5.97 Å². The number of carbonyl (C=O) groups is 1. The Hall–Kier alpha value is -0.530. The monoisotopic (exact) mass is 186 g/mol. The van der Waals surface area contributed by atoms with Crippen LogP contribution in [0, 0.1) is 17.8 Å². The Labute approximate surface area is 81.3 Å². The molecule has 1 aliphatic carbocycles. The van der Waals surface area contributed by atoms with Gasteiger partial charge in [-0.25, -0.2) is 0 Å². The smallest absolute Gasteiger partial charge is 0.306 e. The van der Waals surface area contributed by atoms with Crippen molar-refractivity contribution in [2.45, 2.75) is 47.0 Å². The van der Waals surface area contributed by atoms with Gasteiger partial charge in [0, 0.05) is 0 Å². The Balaban J connectivity index is 0.000000671. The Bertz CT molecular complexity index is 152. The van der Waals surface area contributed by atoms with Gasteiger partial charge in [0.05, 0.1) is 5.92 Å². The van der Waals surface area contributed by atoms with Gasteiger partial charge in [-0.05, 0) is 31.1 Å². The van der Waals surface area contributed by atoms with E-state index in [0.29, 0.717) is 11.8 Å². The number of carboxylic acid groups (broad SMARTS) is 1. The van der Waals surface area contributed by atoms with Crippen LogP contribution in [-0.2, 0) is 4.79 Å². The van der Waals surface area contributed by atoms with Crippen molar-refractivity contribution in [1.29, 1.82) is 0 Å². The van der Waals surface area contributed by atoms with Crippen LogP contribution in [0.2, 0.25) is 0 Å². The van der Waals surface area contributed by atoms with Crippen molar-refractivity contribution in [2.24, 2.45) is 17.8 Å². The minimum atomic E-state index is -0.604. The summed E-state index contributed by atoms with van der Waals surface area (Å²) >= 11 is 0. The lowest BCUT2D eigenvalue weighted by Crippen LogP contribution is -2.11. The van der Waals surface area contributed by atoms with Crippen molar-refractivity contribution in [1.82, 2.24) is 0 Å². The molecule has 0 aliphatic heterocycles. The van der Waals surface area contributed by atoms with Crippen molar-refractivity contribution >= 4 is 5.97 Å². The molecule has 2 heteroatoms. The zero-order valence-corrected chi connectivity index (χ0v) is 9.21. The summed E-state index contributed by atoms with van der Waals surface area (Å²) in [5.41, 5.74) is 0. The molecule has 0 aromatic rings. The predicted octanol–water partition coefficient (Wildman–Crippen LogP) is 3.17. The van der Waals surface area contributed by atoms with Gasteiger partial charge < -0.3 is 5.11 Å². The van der Waals surface area contributed by atoms with E-state index in [4.69, 9.17) is 5.11 Å². The Morgan fingerprint density at radius 3 is 2.08 bits per heavy atom. The molecule has 0 aromatic carbocycles.